The Hall–Kier alpha value is -3.73. The van der Waals surface area contributed by atoms with Gasteiger partial charge in [-0.05, 0) is 28.5 Å². The fourth-order valence-electron chi connectivity index (χ4n) is 1.95. The largest absolute Gasteiger partial charge is 0.455 e. The monoisotopic (exact) mass is 375 g/mol. The quantitative estimate of drug-likeness (QED) is 0.295. The lowest BCUT2D eigenvalue weighted by atomic mass is 10.1. The maximum Gasteiger partial charge on any atom is 0.270 e. The Labute approximate surface area is 150 Å². The van der Waals surface area contributed by atoms with Crippen molar-refractivity contribution >= 4 is 35.2 Å². The summed E-state index contributed by atoms with van der Waals surface area (Å²) in [4.78, 5) is 10.4. The molecule has 0 aliphatic carbocycles. The number of hydrogen-bond acceptors (Lipinski definition) is 9. The molecule has 3 rings (SSSR count). The molecule has 0 fully saturated rings. The molecule has 132 valence electrons. The number of hydrogen-bond donors (Lipinski definition) is 2. The summed E-state index contributed by atoms with van der Waals surface area (Å²) in [6.45, 7) is 0. The Morgan fingerprint density at radius 1 is 1.31 bits per heavy atom. The van der Waals surface area contributed by atoms with Crippen LogP contribution in [0.15, 0.2) is 49.6 Å². The zero-order chi connectivity index (χ0) is 18.7. The molecule has 0 spiro atoms. The summed E-state index contributed by atoms with van der Waals surface area (Å²) in [5.41, 5.74) is 11.5. The van der Waals surface area contributed by atoms with E-state index in [1.54, 1.807) is 12.1 Å². The highest BCUT2D eigenvalue weighted by Gasteiger charge is 2.14. The Balaban J connectivity index is 1.81. The van der Waals surface area contributed by atoms with Crippen molar-refractivity contribution in [1.82, 2.24) is 10.3 Å². The van der Waals surface area contributed by atoms with E-state index in [0.717, 1.165) is 0 Å². The van der Waals surface area contributed by atoms with Gasteiger partial charge in [-0.1, -0.05) is 11.6 Å². The van der Waals surface area contributed by atoms with Crippen molar-refractivity contribution in [2.45, 2.75) is 0 Å². The normalized spacial score (nSPS) is 12.0. The molecule has 0 bridgehead atoms. The molecule has 26 heavy (non-hydrogen) atoms. The van der Waals surface area contributed by atoms with Crippen molar-refractivity contribution in [2.24, 2.45) is 15.9 Å². The van der Waals surface area contributed by atoms with Gasteiger partial charge in [-0.3, -0.25) is 10.1 Å². The van der Waals surface area contributed by atoms with E-state index in [2.05, 4.69) is 25.1 Å². The molecule has 0 aliphatic rings. The van der Waals surface area contributed by atoms with Crippen molar-refractivity contribution in [3.63, 3.8) is 0 Å². The van der Waals surface area contributed by atoms with E-state index < -0.39 is 4.92 Å². The van der Waals surface area contributed by atoms with Crippen molar-refractivity contribution < 1.29 is 14.0 Å². The Kier molecular flexibility index (Phi) is 4.62. The molecular formula is C14H10ClN7O4. The van der Waals surface area contributed by atoms with Gasteiger partial charge in [0.1, 0.15) is 11.5 Å². The molecule has 12 heteroatoms. The minimum absolute atomic E-state index is 0.0120. The number of furan rings is 1. The standard InChI is InChI=1S/C14H10ClN7O4/c15-10-3-1-7(22(23)24)5-9(10)11-4-2-8(25-11)6-18-19-13(16)12-14(17)21-26-20-12/h1-6H,(H2,16,19)(H2,17,21)/b18-6+. The van der Waals surface area contributed by atoms with Crippen LogP contribution in [0.4, 0.5) is 11.5 Å². The lowest BCUT2D eigenvalue weighted by Crippen LogP contribution is -2.15. The third-order valence-corrected chi connectivity index (χ3v) is 3.49. The number of nitrogens with two attached hydrogens (primary N) is 2. The van der Waals surface area contributed by atoms with Gasteiger partial charge in [0.25, 0.3) is 5.69 Å². The van der Waals surface area contributed by atoms with E-state index in [-0.39, 0.29) is 23.0 Å². The van der Waals surface area contributed by atoms with E-state index in [9.17, 15) is 10.1 Å². The summed E-state index contributed by atoms with van der Waals surface area (Å²) in [7, 11) is 0. The van der Waals surface area contributed by atoms with E-state index in [1.165, 1.54) is 24.4 Å². The molecule has 2 heterocycles. The van der Waals surface area contributed by atoms with Gasteiger partial charge in [0, 0.05) is 17.7 Å². The van der Waals surface area contributed by atoms with Crippen LogP contribution in [0.25, 0.3) is 11.3 Å². The van der Waals surface area contributed by atoms with Crippen LogP contribution in [-0.2, 0) is 0 Å². The third-order valence-electron chi connectivity index (χ3n) is 3.16. The fourth-order valence-corrected chi connectivity index (χ4v) is 2.16. The second kappa shape index (κ2) is 7.03. The summed E-state index contributed by atoms with van der Waals surface area (Å²) < 4.78 is 9.95. The smallest absolute Gasteiger partial charge is 0.270 e. The summed E-state index contributed by atoms with van der Waals surface area (Å²) in [5.74, 6) is 0.558. The predicted octanol–water partition coefficient (Wildman–Crippen LogP) is 2.21. The molecule has 1 aromatic carbocycles. The number of nitro groups is 1. The van der Waals surface area contributed by atoms with Gasteiger partial charge in [-0.25, -0.2) is 4.63 Å². The summed E-state index contributed by atoms with van der Waals surface area (Å²) in [6, 6.07) is 7.23. The minimum Gasteiger partial charge on any atom is -0.455 e. The van der Waals surface area contributed by atoms with Gasteiger partial charge in [0.15, 0.2) is 17.3 Å². The molecular weight excluding hydrogens is 366 g/mol. The maximum atomic E-state index is 10.9. The molecule has 0 radical (unpaired) electrons. The molecule has 0 saturated heterocycles. The van der Waals surface area contributed by atoms with Crippen molar-refractivity contribution in [3.05, 3.63) is 56.9 Å². The van der Waals surface area contributed by atoms with Crippen LogP contribution in [0.1, 0.15) is 11.5 Å². The lowest BCUT2D eigenvalue weighted by molar-refractivity contribution is -0.384. The van der Waals surface area contributed by atoms with Gasteiger partial charge in [0.05, 0.1) is 16.2 Å². The van der Waals surface area contributed by atoms with E-state index in [4.69, 9.17) is 27.5 Å². The number of amidine groups is 1. The maximum absolute atomic E-state index is 10.9. The average Bonchev–Trinajstić information content (AvgIpc) is 3.24. The predicted molar refractivity (Wildman–Crippen MR) is 92.8 cm³/mol. The topological polar surface area (TPSA) is 172 Å². The summed E-state index contributed by atoms with van der Waals surface area (Å²) in [5, 5.41) is 25.5. The second-order valence-electron chi connectivity index (χ2n) is 4.85. The third kappa shape index (κ3) is 3.52. The molecule has 4 N–H and O–H groups in total. The van der Waals surface area contributed by atoms with Gasteiger partial charge in [-0.2, -0.15) is 5.10 Å². The van der Waals surface area contributed by atoms with E-state index in [1.807, 2.05) is 0 Å². The fraction of sp³-hybridized carbons (Fsp3) is 0. The number of nitrogens with zero attached hydrogens (tertiary/aromatic N) is 5. The minimum atomic E-state index is -0.521. The number of nitrogen functional groups attached to an aromatic ring is 1. The van der Waals surface area contributed by atoms with Crippen molar-refractivity contribution in [1.29, 1.82) is 0 Å². The molecule has 0 saturated carbocycles. The highest BCUT2D eigenvalue weighted by molar-refractivity contribution is 6.33. The van der Waals surface area contributed by atoms with E-state index >= 15 is 0 Å². The number of halogens is 1. The first-order valence-corrected chi connectivity index (χ1v) is 7.32. The van der Waals surface area contributed by atoms with Crippen molar-refractivity contribution in [2.75, 3.05) is 5.73 Å². The first-order valence-electron chi connectivity index (χ1n) is 6.94. The summed E-state index contributed by atoms with van der Waals surface area (Å²) in [6.07, 6.45) is 1.28. The molecule has 11 nitrogen and oxygen atoms in total. The molecule has 0 aliphatic heterocycles. The number of benzene rings is 1. The van der Waals surface area contributed by atoms with Gasteiger partial charge < -0.3 is 15.9 Å². The zero-order valence-corrected chi connectivity index (χ0v) is 13.6. The van der Waals surface area contributed by atoms with Crippen molar-refractivity contribution in [3.8, 4) is 11.3 Å². The Morgan fingerprint density at radius 3 is 2.81 bits per heavy atom. The highest BCUT2D eigenvalue weighted by Crippen LogP contribution is 2.32. The number of nitro benzene ring substituents is 1. The second-order valence-corrected chi connectivity index (χ2v) is 5.26. The first-order chi connectivity index (χ1) is 12.5. The Bertz CT molecular complexity index is 1020. The number of aromatic nitrogens is 2. The average molecular weight is 376 g/mol. The summed E-state index contributed by atoms with van der Waals surface area (Å²) >= 11 is 6.07. The molecule has 0 amide bonds. The van der Waals surface area contributed by atoms with E-state index in [0.29, 0.717) is 22.1 Å². The Morgan fingerprint density at radius 2 is 2.12 bits per heavy atom. The van der Waals surface area contributed by atoms with Crippen LogP contribution in [0, 0.1) is 10.1 Å². The van der Waals surface area contributed by atoms with Gasteiger partial charge >= 0.3 is 0 Å². The molecule has 2 aromatic heterocycles. The number of rotatable bonds is 5. The number of anilines is 1. The van der Waals surface area contributed by atoms with Crippen LogP contribution in [0.3, 0.4) is 0 Å². The zero-order valence-electron chi connectivity index (χ0n) is 12.9. The number of non-ortho nitro benzene ring substituents is 1. The molecule has 3 aromatic rings. The molecule has 0 atom stereocenters. The highest BCUT2D eigenvalue weighted by atomic mass is 35.5. The molecule has 0 unspecified atom stereocenters. The van der Waals surface area contributed by atoms with Gasteiger partial charge in [0.2, 0.25) is 0 Å². The SMILES string of the molecule is N/C(=N\N=C\c1ccc(-c2cc([N+](=O)[O-])ccc2Cl)o1)c1nonc1N. The first kappa shape index (κ1) is 17.1. The van der Waals surface area contributed by atoms with Crippen LogP contribution in [0.5, 0.6) is 0 Å². The van der Waals surface area contributed by atoms with Crippen LogP contribution in [-0.4, -0.2) is 27.3 Å². The lowest BCUT2D eigenvalue weighted by Gasteiger charge is -2.00. The van der Waals surface area contributed by atoms with Gasteiger partial charge in [-0.15, -0.1) is 5.10 Å². The van der Waals surface area contributed by atoms with Crippen LogP contribution >= 0.6 is 11.6 Å². The van der Waals surface area contributed by atoms with Crippen LogP contribution < -0.4 is 11.5 Å². The van der Waals surface area contributed by atoms with Crippen LogP contribution in [0.2, 0.25) is 5.02 Å².